The average molecular weight is 276 g/mol. The van der Waals surface area contributed by atoms with Gasteiger partial charge < -0.3 is 10.3 Å². The van der Waals surface area contributed by atoms with E-state index in [1.165, 1.54) is 27.7 Å². The lowest BCUT2D eigenvalue weighted by Crippen LogP contribution is -2.32. The average Bonchev–Trinajstić information content (AvgIpc) is 2.79. The minimum atomic E-state index is 0.385. The Kier molecular flexibility index (Phi) is 3.04. The molecule has 0 bridgehead atoms. The second-order valence-corrected chi connectivity index (χ2v) is 5.94. The minimum Gasteiger partial charge on any atom is -0.358 e. The molecule has 106 valence electrons. The van der Waals surface area contributed by atoms with E-state index in [0.29, 0.717) is 12.0 Å². The van der Waals surface area contributed by atoms with E-state index >= 15 is 0 Å². The number of aromatic amines is 1. The third-order valence-corrected chi connectivity index (χ3v) is 4.66. The van der Waals surface area contributed by atoms with Crippen molar-refractivity contribution in [3.8, 4) is 0 Å². The number of nitrogens with one attached hydrogen (secondary N) is 2. The van der Waals surface area contributed by atoms with Gasteiger partial charge in [-0.05, 0) is 37.1 Å². The molecule has 0 spiro atoms. The summed E-state index contributed by atoms with van der Waals surface area (Å²) in [6.45, 7) is 3.33. The van der Waals surface area contributed by atoms with Crippen LogP contribution in [0.25, 0.3) is 10.9 Å². The molecule has 0 aliphatic carbocycles. The molecule has 0 amide bonds. The van der Waals surface area contributed by atoms with Crippen molar-refractivity contribution in [1.82, 2.24) is 10.3 Å². The van der Waals surface area contributed by atoms with Crippen LogP contribution in [0.4, 0.5) is 0 Å². The predicted molar refractivity (Wildman–Crippen MR) is 87.8 cm³/mol. The van der Waals surface area contributed by atoms with Gasteiger partial charge in [0, 0.05) is 28.6 Å². The Balaban J connectivity index is 1.95. The second kappa shape index (κ2) is 5.05. The SMILES string of the molecule is C[C@H]1NCCc2c([nH]c3ccccc23)[C@@H]1c1ccccc1. The zero-order valence-corrected chi connectivity index (χ0v) is 12.3. The van der Waals surface area contributed by atoms with E-state index in [2.05, 4.69) is 71.8 Å². The van der Waals surface area contributed by atoms with Crippen LogP contribution < -0.4 is 5.32 Å². The molecule has 3 aromatic rings. The maximum atomic E-state index is 3.70. The van der Waals surface area contributed by atoms with Gasteiger partial charge in [0.2, 0.25) is 0 Å². The second-order valence-electron chi connectivity index (χ2n) is 5.94. The van der Waals surface area contributed by atoms with Crippen molar-refractivity contribution in [3.05, 3.63) is 71.4 Å². The molecule has 21 heavy (non-hydrogen) atoms. The molecule has 0 unspecified atom stereocenters. The van der Waals surface area contributed by atoms with Crippen LogP contribution in [0.15, 0.2) is 54.6 Å². The number of para-hydroxylation sites is 1. The van der Waals surface area contributed by atoms with Gasteiger partial charge in [-0.2, -0.15) is 0 Å². The van der Waals surface area contributed by atoms with Crippen molar-refractivity contribution in [1.29, 1.82) is 0 Å². The van der Waals surface area contributed by atoms with E-state index in [4.69, 9.17) is 0 Å². The quantitative estimate of drug-likeness (QED) is 0.694. The molecule has 2 aromatic carbocycles. The Morgan fingerprint density at radius 2 is 1.71 bits per heavy atom. The van der Waals surface area contributed by atoms with E-state index in [1.54, 1.807) is 0 Å². The zero-order valence-electron chi connectivity index (χ0n) is 12.3. The summed E-state index contributed by atoms with van der Waals surface area (Å²) in [5, 5.41) is 5.05. The van der Waals surface area contributed by atoms with E-state index in [0.717, 1.165) is 13.0 Å². The normalized spacial score (nSPS) is 22.0. The van der Waals surface area contributed by atoms with Crippen molar-refractivity contribution in [2.45, 2.75) is 25.3 Å². The number of aromatic nitrogens is 1. The molecule has 0 fully saturated rings. The van der Waals surface area contributed by atoms with Gasteiger partial charge in [-0.15, -0.1) is 0 Å². The fraction of sp³-hybridized carbons (Fsp3) is 0.263. The highest BCUT2D eigenvalue weighted by Crippen LogP contribution is 2.35. The number of hydrogen-bond donors (Lipinski definition) is 2. The lowest BCUT2D eigenvalue weighted by Gasteiger charge is -2.23. The summed E-state index contributed by atoms with van der Waals surface area (Å²) in [5.41, 5.74) is 5.51. The molecule has 2 heteroatoms. The third kappa shape index (κ3) is 2.07. The standard InChI is InChI=1S/C19H20N2/c1-13-18(14-7-3-2-4-8-14)19-16(11-12-20-13)15-9-5-6-10-17(15)21-19/h2-10,13,18,20-21H,11-12H2,1H3/t13-,18+/m1/s1. The van der Waals surface area contributed by atoms with E-state index in [-0.39, 0.29) is 0 Å². The molecule has 0 radical (unpaired) electrons. The van der Waals surface area contributed by atoms with Crippen LogP contribution in [0.5, 0.6) is 0 Å². The molecule has 1 aliphatic rings. The number of rotatable bonds is 1. The minimum absolute atomic E-state index is 0.385. The van der Waals surface area contributed by atoms with Crippen LogP contribution in [-0.2, 0) is 6.42 Å². The maximum Gasteiger partial charge on any atom is 0.0459 e. The smallest absolute Gasteiger partial charge is 0.0459 e. The summed E-state index contributed by atoms with van der Waals surface area (Å²) in [5.74, 6) is 0.385. The first-order chi connectivity index (χ1) is 10.3. The van der Waals surface area contributed by atoms with Gasteiger partial charge in [-0.3, -0.25) is 0 Å². The summed E-state index contributed by atoms with van der Waals surface area (Å²) in [6, 6.07) is 19.9. The first kappa shape index (κ1) is 12.7. The zero-order chi connectivity index (χ0) is 14.2. The van der Waals surface area contributed by atoms with Gasteiger partial charge in [-0.1, -0.05) is 48.5 Å². The van der Waals surface area contributed by atoms with Crippen LogP contribution in [0, 0.1) is 0 Å². The fourth-order valence-corrected chi connectivity index (χ4v) is 3.66. The first-order valence-corrected chi connectivity index (χ1v) is 7.72. The molecule has 0 saturated carbocycles. The van der Waals surface area contributed by atoms with Gasteiger partial charge in [0.25, 0.3) is 0 Å². The predicted octanol–water partition coefficient (Wildman–Crippen LogP) is 3.83. The van der Waals surface area contributed by atoms with Gasteiger partial charge in [0.15, 0.2) is 0 Å². The fourth-order valence-electron chi connectivity index (χ4n) is 3.66. The Labute approximate surface area is 125 Å². The molecule has 0 saturated heterocycles. The van der Waals surface area contributed by atoms with Gasteiger partial charge in [0.05, 0.1) is 0 Å². The Bertz CT molecular complexity index is 758. The van der Waals surface area contributed by atoms with Gasteiger partial charge in [0.1, 0.15) is 0 Å². The molecule has 1 aliphatic heterocycles. The summed E-state index contributed by atoms with van der Waals surface area (Å²) in [7, 11) is 0. The van der Waals surface area contributed by atoms with Crippen molar-refractivity contribution in [2.24, 2.45) is 0 Å². The molecule has 2 atom stereocenters. The van der Waals surface area contributed by atoms with Crippen LogP contribution in [-0.4, -0.2) is 17.6 Å². The number of fused-ring (bicyclic) bond motifs is 3. The highest BCUT2D eigenvalue weighted by molar-refractivity contribution is 5.85. The molecule has 1 aromatic heterocycles. The van der Waals surface area contributed by atoms with E-state index in [9.17, 15) is 0 Å². The van der Waals surface area contributed by atoms with E-state index in [1.807, 2.05) is 0 Å². The topological polar surface area (TPSA) is 27.8 Å². The third-order valence-electron chi connectivity index (χ3n) is 4.66. The monoisotopic (exact) mass is 276 g/mol. The van der Waals surface area contributed by atoms with Crippen molar-refractivity contribution in [3.63, 3.8) is 0 Å². The summed E-state index contributed by atoms with van der Waals surface area (Å²) < 4.78 is 0. The highest BCUT2D eigenvalue weighted by atomic mass is 14.9. The number of hydrogen-bond acceptors (Lipinski definition) is 1. The van der Waals surface area contributed by atoms with Crippen molar-refractivity contribution < 1.29 is 0 Å². The highest BCUT2D eigenvalue weighted by Gasteiger charge is 2.28. The van der Waals surface area contributed by atoms with Crippen molar-refractivity contribution in [2.75, 3.05) is 6.54 Å². The molecule has 2 heterocycles. The summed E-state index contributed by atoms with van der Waals surface area (Å²) in [6.07, 6.45) is 1.09. The summed E-state index contributed by atoms with van der Waals surface area (Å²) in [4.78, 5) is 3.70. The lowest BCUT2D eigenvalue weighted by atomic mass is 9.88. The summed E-state index contributed by atoms with van der Waals surface area (Å²) >= 11 is 0. The number of H-pyrrole nitrogens is 1. The Hall–Kier alpha value is -2.06. The first-order valence-electron chi connectivity index (χ1n) is 7.72. The van der Waals surface area contributed by atoms with Crippen LogP contribution in [0.3, 0.4) is 0 Å². The molecular formula is C19H20N2. The molecule has 2 N–H and O–H groups in total. The van der Waals surface area contributed by atoms with Crippen LogP contribution in [0.1, 0.15) is 29.7 Å². The van der Waals surface area contributed by atoms with Crippen molar-refractivity contribution >= 4 is 10.9 Å². The molecule has 4 rings (SSSR count). The Morgan fingerprint density at radius 3 is 2.57 bits per heavy atom. The largest absolute Gasteiger partial charge is 0.358 e. The maximum absolute atomic E-state index is 3.70. The van der Waals surface area contributed by atoms with E-state index < -0.39 is 0 Å². The Morgan fingerprint density at radius 1 is 0.952 bits per heavy atom. The molecular weight excluding hydrogens is 256 g/mol. The number of benzene rings is 2. The van der Waals surface area contributed by atoms with Crippen LogP contribution in [0.2, 0.25) is 0 Å². The van der Waals surface area contributed by atoms with Crippen LogP contribution >= 0.6 is 0 Å². The lowest BCUT2D eigenvalue weighted by molar-refractivity contribution is 0.516. The van der Waals surface area contributed by atoms with Gasteiger partial charge >= 0.3 is 0 Å². The molecule has 2 nitrogen and oxygen atoms in total. The van der Waals surface area contributed by atoms with Gasteiger partial charge in [-0.25, -0.2) is 0 Å².